The number of hydrogen-bond donors (Lipinski definition) is 1. The van der Waals surface area contributed by atoms with Crippen LogP contribution in [0.3, 0.4) is 0 Å². The van der Waals surface area contributed by atoms with Crippen molar-refractivity contribution in [3.05, 3.63) is 45.8 Å². The normalized spacial score (nSPS) is 10.4. The van der Waals surface area contributed by atoms with Crippen LogP contribution in [0.25, 0.3) is 0 Å². The average Bonchev–Trinajstić information content (AvgIpc) is 3.05. The predicted molar refractivity (Wildman–Crippen MR) is 119 cm³/mol. The van der Waals surface area contributed by atoms with Crippen LogP contribution >= 0.6 is 11.3 Å². The molecule has 1 N–H and O–H groups in total. The minimum atomic E-state index is -0.589. The highest BCUT2D eigenvalue weighted by atomic mass is 32.1. The van der Waals surface area contributed by atoms with Crippen LogP contribution in [-0.4, -0.2) is 44.1 Å². The quantitative estimate of drug-likeness (QED) is 0.587. The number of amides is 1. The number of anilines is 2. The van der Waals surface area contributed by atoms with Crippen molar-refractivity contribution in [1.82, 2.24) is 0 Å². The summed E-state index contributed by atoms with van der Waals surface area (Å²) in [5.41, 5.74) is 2.09. The molecule has 162 valence electrons. The standard InChI is InChI=1S/C22H28N2O5S/c1-6-24(7-2)16-12-10-15(11-13-16)19(25)23-20-17(21(26)28-8-3)14(5)18(30-20)22(27)29-9-4/h10-13H,6-9H2,1-5H3,(H,23,25). The second-order valence-electron chi connectivity index (χ2n) is 6.37. The lowest BCUT2D eigenvalue weighted by atomic mass is 10.1. The van der Waals surface area contributed by atoms with Gasteiger partial charge in [-0.1, -0.05) is 0 Å². The molecule has 0 unspecified atom stereocenters. The van der Waals surface area contributed by atoms with Gasteiger partial charge in [-0.15, -0.1) is 11.3 Å². The van der Waals surface area contributed by atoms with Crippen molar-refractivity contribution in [3.63, 3.8) is 0 Å². The van der Waals surface area contributed by atoms with Gasteiger partial charge in [0.25, 0.3) is 5.91 Å². The molecule has 2 aromatic rings. The van der Waals surface area contributed by atoms with E-state index in [1.807, 2.05) is 12.1 Å². The first kappa shape index (κ1) is 23.4. The van der Waals surface area contributed by atoms with Gasteiger partial charge in [-0.05, 0) is 64.4 Å². The highest BCUT2D eigenvalue weighted by Crippen LogP contribution is 2.34. The van der Waals surface area contributed by atoms with E-state index in [9.17, 15) is 14.4 Å². The molecule has 0 aliphatic carbocycles. The van der Waals surface area contributed by atoms with Gasteiger partial charge < -0.3 is 19.7 Å². The number of carbonyl (C=O) groups excluding carboxylic acids is 3. The predicted octanol–water partition coefficient (Wildman–Crippen LogP) is 4.51. The molecule has 0 aliphatic rings. The highest BCUT2D eigenvalue weighted by Gasteiger charge is 2.27. The SMILES string of the molecule is CCOC(=O)c1sc(NC(=O)c2ccc(N(CC)CC)cc2)c(C(=O)OCC)c1C. The molecule has 0 saturated heterocycles. The number of benzene rings is 1. The first-order valence-electron chi connectivity index (χ1n) is 10.0. The Morgan fingerprint density at radius 1 is 0.933 bits per heavy atom. The third-order valence-electron chi connectivity index (χ3n) is 4.57. The lowest BCUT2D eigenvalue weighted by Gasteiger charge is -2.21. The minimum absolute atomic E-state index is 0.179. The van der Waals surface area contributed by atoms with E-state index in [1.54, 1.807) is 32.9 Å². The van der Waals surface area contributed by atoms with Crippen molar-refractivity contribution in [3.8, 4) is 0 Å². The Balaban J connectivity index is 2.33. The summed E-state index contributed by atoms with van der Waals surface area (Å²) >= 11 is 1.01. The molecule has 0 fully saturated rings. The zero-order valence-electron chi connectivity index (χ0n) is 18.0. The Morgan fingerprint density at radius 2 is 1.50 bits per heavy atom. The number of nitrogens with zero attached hydrogens (tertiary/aromatic N) is 1. The van der Waals surface area contributed by atoms with Gasteiger partial charge in [0.05, 0.1) is 18.8 Å². The van der Waals surface area contributed by atoms with Gasteiger partial charge in [0.2, 0.25) is 0 Å². The van der Waals surface area contributed by atoms with Gasteiger partial charge >= 0.3 is 11.9 Å². The lowest BCUT2D eigenvalue weighted by molar-refractivity contribution is 0.0527. The summed E-state index contributed by atoms with van der Waals surface area (Å²) in [4.78, 5) is 39.9. The van der Waals surface area contributed by atoms with Crippen LogP contribution in [0, 0.1) is 6.92 Å². The van der Waals surface area contributed by atoms with Crippen molar-refractivity contribution in [2.75, 3.05) is 36.5 Å². The molecule has 0 bridgehead atoms. The molecule has 2 rings (SSSR count). The summed E-state index contributed by atoms with van der Waals surface area (Å²) < 4.78 is 10.2. The van der Waals surface area contributed by atoms with Crippen LogP contribution in [0.4, 0.5) is 10.7 Å². The second-order valence-corrected chi connectivity index (χ2v) is 7.40. The molecule has 0 aliphatic heterocycles. The molecule has 0 atom stereocenters. The number of nitrogens with one attached hydrogen (secondary N) is 1. The molecule has 0 radical (unpaired) electrons. The summed E-state index contributed by atoms with van der Waals surface area (Å²) in [7, 11) is 0. The number of carbonyl (C=O) groups is 3. The molecule has 8 heteroatoms. The summed E-state index contributed by atoms with van der Waals surface area (Å²) in [6.07, 6.45) is 0. The van der Waals surface area contributed by atoms with E-state index in [1.165, 1.54) is 0 Å². The summed E-state index contributed by atoms with van der Waals surface area (Å²) in [6, 6.07) is 7.25. The van der Waals surface area contributed by atoms with Crippen LogP contribution in [-0.2, 0) is 9.47 Å². The minimum Gasteiger partial charge on any atom is -0.462 e. The van der Waals surface area contributed by atoms with Crippen molar-refractivity contribution < 1.29 is 23.9 Å². The molecule has 1 aromatic heterocycles. The molecular formula is C22H28N2O5S. The fraction of sp³-hybridized carbons (Fsp3) is 0.409. The van der Waals surface area contributed by atoms with Crippen LogP contribution in [0.1, 0.15) is 63.6 Å². The Bertz CT molecular complexity index is 901. The third kappa shape index (κ3) is 5.18. The highest BCUT2D eigenvalue weighted by molar-refractivity contribution is 7.18. The molecule has 1 aromatic carbocycles. The molecule has 1 heterocycles. The molecule has 0 spiro atoms. The van der Waals surface area contributed by atoms with Crippen LogP contribution in [0.5, 0.6) is 0 Å². The second kappa shape index (κ2) is 10.8. The Morgan fingerprint density at radius 3 is 2.03 bits per heavy atom. The Labute approximate surface area is 181 Å². The first-order valence-corrected chi connectivity index (χ1v) is 10.8. The maximum Gasteiger partial charge on any atom is 0.348 e. The fourth-order valence-electron chi connectivity index (χ4n) is 3.03. The van der Waals surface area contributed by atoms with Gasteiger partial charge in [-0.25, -0.2) is 9.59 Å². The topological polar surface area (TPSA) is 84.9 Å². The number of thiophene rings is 1. The average molecular weight is 433 g/mol. The first-order chi connectivity index (χ1) is 14.4. The van der Waals surface area contributed by atoms with E-state index in [4.69, 9.17) is 9.47 Å². The van der Waals surface area contributed by atoms with E-state index in [0.717, 1.165) is 30.1 Å². The summed E-state index contributed by atoms with van der Waals surface area (Å²) in [6.45, 7) is 11.3. The van der Waals surface area contributed by atoms with Gasteiger partial charge in [0, 0.05) is 24.3 Å². The van der Waals surface area contributed by atoms with E-state index < -0.39 is 11.9 Å². The van der Waals surface area contributed by atoms with E-state index in [0.29, 0.717) is 11.1 Å². The van der Waals surface area contributed by atoms with Gasteiger partial charge in [-0.2, -0.15) is 0 Å². The van der Waals surface area contributed by atoms with Gasteiger partial charge in [-0.3, -0.25) is 4.79 Å². The van der Waals surface area contributed by atoms with Crippen LogP contribution < -0.4 is 10.2 Å². The molecule has 1 amide bonds. The zero-order valence-corrected chi connectivity index (χ0v) is 18.9. The monoisotopic (exact) mass is 432 g/mol. The summed E-state index contributed by atoms with van der Waals surface area (Å²) in [5.74, 6) is -1.49. The van der Waals surface area contributed by atoms with Crippen molar-refractivity contribution in [1.29, 1.82) is 0 Å². The molecule has 30 heavy (non-hydrogen) atoms. The third-order valence-corrected chi connectivity index (χ3v) is 5.76. The fourth-order valence-corrected chi connectivity index (χ4v) is 4.11. The zero-order chi connectivity index (χ0) is 22.3. The van der Waals surface area contributed by atoms with Crippen molar-refractivity contribution in [2.45, 2.75) is 34.6 Å². The maximum atomic E-state index is 12.8. The molecule has 0 saturated carbocycles. The van der Waals surface area contributed by atoms with Crippen molar-refractivity contribution >= 4 is 39.9 Å². The number of ether oxygens (including phenoxy) is 2. The molecular weight excluding hydrogens is 404 g/mol. The number of rotatable bonds is 9. The van der Waals surface area contributed by atoms with Crippen molar-refractivity contribution in [2.24, 2.45) is 0 Å². The van der Waals surface area contributed by atoms with E-state index in [-0.39, 0.29) is 34.6 Å². The molecule has 7 nitrogen and oxygen atoms in total. The van der Waals surface area contributed by atoms with Crippen LogP contribution in [0.15, 0.2) is 24.3 Å². The van der Waals surface area contributed by atoms with Gasteiger partial charge in [0.1, 0.15) is 9.88 Å². The summed E-state index contributed by atoms with van der Waals surface area (Å²) in [5, 5.41) is 3.03. The van der Waals surface area contributed by atoms with E-state index in [2.05, 4.69) is 24.1 Å². The van der Waals surface area contributed by atoms with Gasteiger partial charge in [0.15, 0.2) is 0 Å². The number of hydrogen-bond acceptors (Lipinski definition) is 7. The maximum absolute atomic E-state index is 12.8. The Hall–Kier alpha value is -2.87. The largest absolute Gasteiger partial charge is 0.462 e. The van der Waals surface area contributed by atoms with Crippen LogP contribution in [0.2, 0.25) is 0 Å². The Kier molecular flexibility index (Phi) is 8.41. The number of esters is 2. The lowest BCUT2D eigenvalue weighted by Crippen LogP contribution is -2.22. The van der Waals surface area contributed by atoms with E-state index >= 15 is 0 Å². The smallest absolute Gasteiger partial charge is 0.348 e.